The molecule has 2 saturated heterocycles. The second-order valence-corrected chi connectivity index (χ2v) is 9.42. The Hall–Kier alpha value is -0.990. The van der Waals surface area contributed by atoms with Crippen LogP contribution in [0.15, 0.2) is 0 Å². The molecule has 0 bridgehead atoms. The smallest absolute Gasteiger partial charge is 0.153 e. The zero-order valence-electron chi connectivity index (χ0n) is 14.4. The Kier molecular flexibility index (Phi) is 4.50. The summed E-state index contributed by atoms with van der Waals surface area (Å²) in [6.07, 6.45) is 0. The maximum Gasteiger partial charge on any atom is 0.153 e. The lowest BCUT2D eigenvalue weighted by Gasteiger charge is -2.44. The fourth-order valence-corrected chi connectivity index (χ4v) is 5.91. The molecule has 2 fully saturated rings. The maximum atomic E-state index is 12.2. The van der Waals surface area contributed by atoms with Crippen molar-refractivity contribution in [3.05, 3.63) is 11.6 Å². The first-order chi connectivity index (χ1) is 10.7. The highest BCUT2D eigenvalue weighted by Gasteiger charge is 2.46. The zero-order chi connectivity index (χ0) is 16.8. The summed E-state index contributed by atoms with van der Waals surface area (Å²) in [5.74, 6) is 2.77. The van der Waals surface area contributed by atoms with Gasteiger partial charge in [-0.15, -0.1) is 0 Å². The van der Waals surface area contributed by atoms with Gasteiger partial charge in [-0.1, -0.05) is 13.8 Å². The van der Waals surface area contributed by atoms with Crippen LogP contribution >= 0.6 is 0 Å². The van der Waals surface area contributed by atoms with Crippen molar-refractivity contribution in [2.24, 2.45) is 13.0 Å². The second kappa shape index (κ2) is 6.14. The van der Waals surface area contributed by atoms with E-state index in [9.17, 15) is 8.42 Å². The van der Waals surface area contributed by atoms with Crippen LogP contribution in [0.4, 0.5) is 0 Å². The van der Waals surface area contributed by atoms with Gasteiger partial charge >= 0.3 is 0 Å². The molecule has 0 unspecified atom stereocenters. The number of aromatic nitrogens is 3. The standard InChI is InChI=1S/C15H27N5O2S/c1-11(2)7-19-5-6-20(8-15-16-12(3)17-18(15)4)14-10-23(21,22)9-13(14)19/h11,13-14H,5-10H2,1-4H3/t13-,14+/m1/s1. The molecular weight excluding hydrogens is 314 g/mol. The molecule has 8 heteroatoms. The van der Waals surface area contributed by atoms with Gasteiger partial charge in [-0.25, -0.2) is 13.4 Å². The van der Waals surface area contributed by atoms with Gasteiger partial charge in [0.25, 0.3) is 0 Å². The van der Waals surface area contributed by atoms with Gasteiger partial charge in [0.05, 0.1) is 18.1 Å². The number of hydrogen-bond donors (Lipinski definition) is 0. The van der Waals surface area contributed by atoms with Crippen LogP contribution in [0.25, 0.3) is 0 Å². The average molecular weight is 341 g/mol. The Balaban J connectivity index is 1.79. The molecule has 3 heterocycles. The lowest BCUT2D eigenvalue weighted by atomic mass is 10.0. The molecule has 0 saturated carbocycles. The molecule has 130 valence electrons. The summed E-state index contributed by atoms with van der Waals surface area (Å²) in [6.45, 7) is 9.70. The van der Waals surface area contributed by atoms with Crippen molar-refractivity contribution in [2.75, 3.05) is 31.1 Å². The van der Waals surface area contributed by atoms with Crippen LogP contribution in [0.5, 0.6) is 0 Å². The van der Waals surface area contributed by atoms with E-state index in [1.165, 1.54) is 0 Å². The normalized spacial score (nSPS) is 28.4. The van der Waals surface area contributed by atoms with E-state index in [2.05, 4.69) is 33.7 Å². The maximum absolute atomic E-state index is 12.2. The highest BCUT2D eigenvalue weighted by atomic mass is 32.2. The van der Waals surface area contributed by atoms with Gasteiger partial charge in [0.2, 0.25) is 0 Å². The lowest BCUT2D eigenvalue weighted by Crippen LogP contribution is -2.59. The van der Waals surface area contributed by atoms with E-state index in [0.29, 0.717) is 18.2 Å². The molecule has 2 atom stereocenters. The molecule has 0 aromatic carbocycles. The highest BCUT2D eigenvalue weighted by Crippen LogP contribution is 2.28. The molecular formula is C15H27N5O2S. The monoisotopic (exact) mass is 341 g/mol. The van der Waals surface area contributed by atoms with Gasteiger partial charge in [-0.3, -0.25) is 14.5 Å². The van der Waals surface area contributed by atoms with E-state index < -0.39 is 9.84 Å². The fraction of sp³-hybridized carbons (Fsp3) is 0.867. The van der Waals surface area contributed by atoms with Gasteiger partial charge in [0, 0.05) is 38.8 Å². The molecule has 0 N–H and O–H groups in total. The largest absolute Gasteiger partial charge is 0.296 e. The van der Waals surface area contributed by atoms with Crippen LogP contribution in [0.2, 0.25) is 0 Å². The Bertz CT molecular complexity index is 669. The molecule has 3 rings (SSSR count). The second-order valence-electron chi connectivity index (χ2n) is 7.27. The minimum atomic E-state index is -2.95. The van der Waals surface area contributed by atoms with E-state index in [-0.39, 0.29) is 17.8 Å². The molecule has 0 aliphatic carbocycles. The summed E-state index contributed by atoms with van der Waals surface area (Å²) < 4.78 is 26.2. The summed E-state index contributed by atoms with van der Waals surface area (Å²) in [5, 5.41) is 4.30. The van der Waals surface area contributed by atoms with Crippen LogP contribution in [0.3, 0.4) is 0 Å². The van der Waals surface area contributed by atoms with E-state index in [1.54, 1.807) is 4.68 Å². The number of aryl methyl sites for hydroxylation is 2. The van der Waals surface area contributed by atoms with Crippen molar-refractivity contribution in [3.8, 4) is 0 Å². The fourth-order valence-electron chi connectivity index (χ4n) is 3.86. The number of piperazine rings is 1. The van der Waals surface area contributed by atoms with Crippen molar-refractivity contribution in [1.82, 2.24) is 24.6 Å². The van der Waals surface area contributed by atoms with E-state index in [0.717, 1.165) is 31.3 Å². The molecule has 7 nitrogen and oxygen atoms in total. The third-order valence-electron chi connectivity index (χ3n) is 4.81. The van der Waals surface area contributed by atoms with Crippen molar-refractivity contribution >= 4 is 9.84 Å². The number of sulfone groups is 1. The van der Waals surface area contributed by atoms with E-state index >= 15 is 0 Å². The molecule has 1 aromatic rings. The average Bonchev–Trinajstić information content (AvgIpc) is 2.91. The predicted octanol–water partition coefficient (Wildman–Crippen LogP) is 0.0627. The number of nitrogens with zero attached hydrogens (tertiary/aromatic N) is 5. The van der Waals surface area contributed by atoms with Gasteiger partial charge in [-0.2, -0.15) is 5.10 Å². The summed E-state index contributed by atoms with van der Waals surface area (Å²) in [5.41, 5.74) is 0. The third-order valence-corrected chi connectivity index (χ3v) is 6.51. The minimum absolute atomic E-state index is 0.0736. The Morgan fingerprint density at radius 1 is 1.17 bits per heavy atom. The van der Waals surface area contributed by atoms with Crippen LogP contribution < -0.4 is 0 Å². The molecule has 23 heavy (non-hydrogen) atoms. The van der Waals surface area contributed by atoms with Crippen LogP contribution in [0, 0.1) is 12.8 Å². The molecule has 0 spiro atoms. The van der Waals surface area contributed by atoms with Gasteiger partial charge in [0.1, 0.15) is 11.6 Å². The quantitative estimate of drug-likeness (QED) is 0.771. The lowest BCUT2D eigenvalue weighted by molar-refractivity contribution is 0.0317. The van der Waals surface area contributed by atoms with Gasteiger partial charge < -0.3 is 0 Å². The highest BCUT2D eigenvalue weighted by molar-refractivity contribution is 7.91. The summed E-state index contributed by atoms with van der Waals surface area (Å²) in [6, 6.07) is 0.190. The molecule has 0 radical (unpaired) electrons. The van der Waals surface area contributed by atoms with Gasteiger partial charge in [0.15, 0.2) is 9.84 Å². The Labute approximate surface area is 138 Å². The first-order valence-corrected chi connectivity index (χ1v) is 10.1. The summed E-state index contributed by atoms with van der Waals surface area (Å²) in [4.78, 5) is 9.13. The SMILES string of the molecule is Cc1nc(CN2CCN(CC(C)C)[C@@H]3CS(=O)(=O)C[C@@H]32)n(C)n1. The first kappa shape index (κ1) is 16.9. The number of rotatable bonds is 4. The summed E-state index contributed by atoms with van der Waals surface area (Å²) in [7, 11) is -1.06. The Morgan fingerprint density at radius 3 is 2.35 bits per heavy atom. The van der Waals surface area contributed by atoms with Crippen LogP contribution in [0.1, 0.15) is 25.5 Å². The molecule has 1 aromatic heterocycles. The van der Waals surface area contributed by atoms with Crippen molar-refractivity contribution in [2.45, 2.75) is 39.4 Å². The molecule has 0 amide bonds. The Morgan fingerprint density at radius 2 is 1.78 bits per heavy atom. The first-order valence-electron chi connectivity index (χ1n) is 8.30. The van der Waals surface area contributed by atoms with Crippen molar-refractivity contribution < 1.29 is 8.42 Å². The molecule has 2 aliphatic rings. The number of fused-ring (bicyclic) bond motifs is 1. The van der Waals surface area contributed by atoms with Gasteiger partial charge in [-0.05, 0) is 12.8 Å². The number of hydrogen-bond acceptors (Lipinski definition) is 6. The topological polar surface area (TPSA) is 71.3 Å². The predicted molar refractivity (Wildman–Crippen MR) is 88.8 cm³/mol. The van der Waals surface area contributed by atoms with E-state index in [4.69, 9.17) is 0 Å². The van der Waals surface area contributed by atoms with Crippen LogP contribution in [-0.2, 0) is 23.4 Å². The zero-order valence-corrected chi connectivity index (χ0v) is 15.3. The minimum Gasteiger partial charge on any atom is -0.296 e. The summed E-state index contributed by atoms with van der Waals surface area (Å²) >= 11 is 0. The van der Waals surface area contributed by atoms with Crippen molar-refractivity contribution in [3.63, 3.8) is 0 Å². The third kappa shape index (κ3) is 3.59. The van der Waals surface area contributed by atoms with Crippen molar-refractivity contribution in [1.29, 1.82) is 0 Å². The molecule has 2 aliphatic heterocycles. The van der Waals surface area contributed by atoms with Crippen LogP contribution in [-0.4, -0.2) is 76.2 Å². The van der Waals surface area contributed by atoms with E-state index in [1.807, 2.05) is 14.0 Å².